The van der Waals surface area contributed by atoms with E-state index in [1.54, 1.807) is 12.1 Å². The summed E-state index contributed by atoms with van der Waals surface area (Å²) >= 11 is 0. The van der Waals surface area contributed by atoms with E-state index >= 15 is 0 Å². The number of benzene rings is 3. The number of rotatable bonds is 9. The lowest BCUT2D eigenvalue weighted by Gasteiger charge is -2.28. The van der Waals surface area contributed by atoms with E-state index in [0.29, 0.717) is 23.6 Å². The molecule has 0 spiro atoms. The van der Waals surface area contributed by atoms with Gasteiger partial charge in [0.2, 0.25) is 6.86 Å². The van der Waals surface area contributed by atoms with Crippen LogP contribution in [0.1, 0.15) is 62.5 Å². The van der Waals surface area contributed by atoms with Crippen LogP contribution in [-0.4, -0.2) is 6.86 Å². The molecule has 0 atom stereocenters. The summed E-state index contributed by atoms with van der Waals surface area (Å²) in [6.45, 7) is 0.626. The standard InChI is InChI=1S/C29H27F7O2/c1-2-3-17-4-6-18(7-5-17)19-8-10-20(11-9-19)21-12-23(31)27(24(32)13-21)29(35,36)38-22-14-25(33)28(37-16-30)26(34)15-22/h8-15,17-18H,2-7,16H2,1H3. The number of ether oxygens (including phenoxy) is 2. The van der Waals surface area contributed by atoms with Crippen molar-refractivity contribution in [1.82, 2.24) is 0 Å². The van der Waals surface area contributed by atoms with Crippen LogP contribution in [0.3, 0.4) is 0 Å². The molecule has 0 amide bonds. The Bertz CT molecular complexity index is 1210. The van der Waals surface area contributed by atoms with Crippen LogP contribution in [-0.2, 0) is 6.11 Å². The van der Waals surface area contributed by atoms with Gasteiger partial charge in [-0.3, -0.25) is 0 Å². The molecule has 0 bridgehead atoms. The second kappa shape index (κ2) is 11.7. The van der Waals surface area contributed by atoms with Crippen molar-refractivity contribution >= 4 is 0 Å². The first-order chi connectivity index (χ1) is 18.1. The highest BCUT2D eigenvalue weighted by atomic mass is 19.3. The molecule has 1 aliphatic carbocycles. The maximum absolute atomic E-state index is 14.8. The predicted molar refractivity (Wildman–Crippen MR) is 129 cm³/mol. The molecule has 2 nitrogen and oxygen atoms in total. The second-order valence-corrected chi connectivity index (χ2v) is 9.53. The minimum atomic E-state index is -4.62. The highest BCUT2D eigenvalue weighted by molar-refractivity contribution is 5.64. The van der Waals surface area contributed by atoms with Gasteiger partial charge in [-0.25, -0.2) is 22.0 Å². The largest absolute Gasteiger partial charge is 0.457 e. The predicted octanol–water partition coefficient (Wildman–Crippen LogP) is 9.42. The molecule has 0 radical (unpaired) electrons. The van der Waals surface area contributed by atoms with E-state index in [1.807, 2.05) is 12.1 Å². The van der Waals surface area contributed by atoms with Gasteiger partial charge >= 0.3 is 6.11 Å². The minimum Gasteiger partial charge on any atom is -0.457 e. The molecule has 0 unspecified atom stereocenters. The molecule has 0 aromatic heterocycles. The Kier molecular flexibility index (Phi) is 8.53. The van der Waals surface area contributed by atoms with Crippen molar-refractivity contribution in [3.8, 4) is 22.6 Å². The van der Waals surface area contributed by atoms with Gasteiger partial charge in [-0.15, -0.1) is 0 Å². The summed E-state index contributed by atoms with van der Waals surface area (Å²) in [5.74, 6) is -7.28. The van der Waals surface area contributed by atoms with Crippen LogP contribution in [0.25, 0.3) is 11.1 Å². The van der Waals surface area contributed by atoms with Gasteiger partial charge in [0.25, 0.3) is 0 Å². The van der Waals surface area contributed by atoms with Crippen molar-refractivity contribution < 1.29 is 40.2 Å². The molecule has 0 saturated heterocycles. The Morgan fingerprint density at radius 3 is 1.89 bits per heavy atom. The van der Waals surface area contributed by atoms with E-state index < -0.39 is 53.3 Å². The van der Waals surface area contributed by atoms with Crippen LogP contribution < -0.4 is 9.47 Å². The molecule has 1 saturated carbocycles. The molecule has 4 rings (SSSR count). The zero-order valence-electron chi connectivity index (χ0n) is 20.7. The highest BCUT2D eigenvalue weighted by Gasteiger charge is 2.41. The third-order valence-electron chi connectivity index (χ3n) is 7.01. The van der Waals surface area contributed by atoms with Gasteiger partial charge in [-0.2, -0.15) is 8.78 Å². The van der Waals surface area contributed by atoms with Crippen molar-refractivity contribution in [2.45, 2.75) is 57.5 Å². The number of hydrogen-bond acceptors (Lipinski definition) is 2. The molecule has 0 aliphatic heterocycles. The van der Waals surface area contributed by atoms with Gasteiger partial charge < -0.3 is 9.47 Å². The summed E-state index contributed by atoms with van der Waals surface area (Å²) < 4.78 is 107. The maximum atomic E-state index is 14.8. The maximum Gasteiger partial charge on any atom is 0.432 e. The lowest BCUT2D eigenvalue weighted by Crippen LogP contribution is -2.25. The zero-order valence-corrected chi connectivity index (χ0v) is 20.7. The molecule has 3 aromatic carbocycles. The van der Waals surface area contributed by atoms with Crippen LogP contribution in [0.2, 0.25) is 0 Å². The number of alkyl halides is 3. The molecule has 1 fully saturated rings. The van der Waals surface area contributed by atoms with Crippen LogP contribution in [0.5, 0.6) is 11.5 Å². The van der Waals surface area contributed by atoms with E-state index in [-0.39, 0.29) is 5.56 Å². The van der Waals surface area contributed by atoms with Crippen LogP contribution in [0.4, 0.5) is 30.7 Å². The van der Waals surface area contributed by atoms with Crippen molar-refractivity contribution in [3.63, 3.8) is 0 Å². The van der Waals surface area contributed by atoms with Gasteiger partial charge in [0.05, 0.1) is 0 Å². The average Bonchev–Trinajstić information content (AvgIpc) is 2.86. The lowest BCUT2D eigenvalue weighted by molar-refractivity contribution is -0.189. The minimum absolute atomic E-state index is 0.0440. The van der Waals surface area contributed by atoms with Crippen molar-refractivity contribution in [3.05, 3.63) is 82.9 Å². The summed E-state index contributed by atoms with van der Waals surface area (Å²) in [5, 5.41) is 0. The Labute approximate surface area is 216 Å². The Hall–Kier alpha value is -3.23. The summed E-state index contributed by atoms with van der Waals surface area (Å²) in [5.41, 5.74) is -0.104. The first-order valence-electron chi connectivity index (χ1n) is 12.5. The fourth-order valence-corrected chi connectivity index (χ4v) is 5.15. The summed E-state index contributed by atoms with van der Waals surface area (Å²) in [4.78, 5) is 0. The Morgan fingerprint density at radius 2 is 1.37 bits per heavy atom. The summed E-state index contributed by atoms with van der Waals surface area (Å²) in [6.07, 6.45) is 2.29. The first-order valence-corrected chi connectivity index (χ1v) is 12.5. The van der Waals surface area contributed by atoms with Crippen LogP contribution in [0.15, 0.2) is 48.5 Å². The van der Waals surface area contributed by atoms with Crippen LogP contribution in [0, 0.1) is 29.2 Å². The molecule has 1 aliphatic rings. The normalized spacial score (nSPS) is 17.9. The summed E-state index contributed by atoms with van der Waals surface area (Å²) in [6, 6.07) is 9.26. The average molecular weight is 541 g/mol. The third-order valence-corrected chi connectivity index (χ3v) is 7.01. The highest BCUT2D eigenvalue weighted by Crippen LogP contribution is 2.40. The molecule has 38 heavy (non-hydrogen) atoms. The van der Waals surface area contributed by atoms with Gasteiger partial charge in [0.15, 0.2) is 17.4 Å². The van der Waals surface area contributed by atoms with E-state index in [1.165, 1.54) is 25.7 Å². The third kappa shape index (κ3) is 6.08. The topological polar surface area (TPSA) is 18.5 Å². The van der Waals surface area contributed by atoms with Gasteiger partial charge in [-0.05, 0) is 66.3 Å². The second-order valence-electron chi connectivity index (χ2n) is 9.53. The smallest absolute Gasteiger partial charge is 0.432 e. The molecule has 204 valence electrons. The molecular formula is C29H27F7O2. The monoisotopic (exact) mass is 540 g/mol. The SMILES string of the molecule is CCCC1CCC(c2ccc(-c3cc(F)c(C(F)(F)Oc4cc(F)c(OCF)c(F)c4)c(F)c3)cc2)CC1. The van der Waals surface area contributed by atoms with Crippen LogP contribution >= 0.6 is 0 Å². The zero-order chi connectivity index (χ0) is 27.4. The van der Waals surface area contributed by atoms with Crippen molar-refractivity contribution in [2.24, 2.45) is 5.92 Å². The van der Waals surface area contributed by atoms with Crippen molar-refractivity contribution in [1.29, 1.82) is 0 Å². The van der Waals surface area contributed by atoms with Gasteiger partial charge in [0, 0.05) is 12.1 Å². The molecule has 0 heterocycles. The number of hydrogen-bond donors (Lipinski definition) is 0. The Morgan fingerprint density at radius 1 is 0.789 bits per heavy atom. The van der Waals surface area contributed by atoms with E-state index in [2.05, 4.69) is 16.4 Å². The molecule has 9 heteroatoms. The molecule has 3 aromatic rings. The van der Waals surface area contributed by atoms with Gasteiger partial charge in [-0.1, -0.05) is 44.0 Å². The van der Waals surface area contributed by atoms with Gasteiger partial charge in [0.1, 0.15) is 22.9 Å². The van der Waals surface area contributed by atoms with Crippen molar-refractivity contribution in [2.75, 3.05) is 6.86 Å². The summed E-state index contributed by atoms with van der Waals surface area (Å²) in [7, 11) is 0. The quantitative estimate of drug-likeness (QED) is 0.252. The van der Waals surface area contributed by atoms with E-state index in [0.717, 1.165) is 36.5 Å². The first kappa shape index (κ1) is 27.8. The van der Waals surface area contributed by atoms with E-state index in [9.17, 15) is 30.7 Å². The fraction of sp³-hybridized carbons (Fsp3) is 0.379. The van der Waals surface area contributed by atoms with E-state index in [4.69, 9.17) is 0 Å². The Balaban J connectivity index is 1.52. The molecular weight excluding hydrogens is 513 g/mol. The fourth-order valence-electron chi connectivity index (χ4n) is 5.15. The molecule has 0 N–H and O–H groups in total. The number of halogens is 7. The lowest BCUT2D eigenvalue weighted by atomic mass is 9.77.